The number of rotatable bonds is 1. The molecule has 4 nitrogen and oxygen atoms in total. The number of nitrogens with zero attached hydrogens (tertiary/aromatic N) is 1. The minimum atomic E-state index is -1.77. The quantitative estimate of drug-likeness (QED) is 0.749. The summed E-state index contributed by atoms with van der Waals surface area (Å²) < 4.78 is 5.06. The molecule has 1 unspecified atom stereocenters. The Morgan fingerprint density at radius 3 is 2.65 bits per heavy atom. The predicted octanol–water partition coefficient (Wildman–Crippen LogP) is 1.45. The van der Waals surface area contributed by atoms with E-state index in [1.165, 1.54) is 0 Å². The average Bonchev–Trinajstić information content (AvgIpc) is 2.65. The average molecular weight is 227 g/mol. The molecule has 0 saturated carbocycles. The van der Waals surface area contributed by atoms with Gasteiger partial charge in [-0.25, -0.2) is 4.79 Å². The maximum absolute atomic E-state index is 11.6. The third kappa shape index (κ3) is 1.34. The fourth-order valence-corrected chi connectivity index (χ4v) is 1.95. The minimum absolute atomic E-state index is 0.304. The number of carbonyl (C=O) groups excluding carboxylic acids is 1. The summed E-state index contributed by atoms with van der Waals surface area (Å²) in [5.41, 5.74) is 1.11. The lowest BCUT2D eigenvalue weighted by molar-refractivity contribution is -0.132. The molecule has 1 atom stereocenters. The van der Waals surface area contributed by atoms with Gasteiger partial charge in [-0.2, -0.15) is 0 Å². The van der Waals surface area contributed by atoms with E-state index in [0.29, 0.717) is 16.8 Å². The highest BCUT2D eigenvalue weighted by atomic mass is 16.7. The van der Waals surface area contributed by atoms with Crippen molar-refractivity contribution in [1.29, 1.82) is 0 Å². The summed E-state index contributed by atoms with van der Waals surface area (Å²) in [5.74, 6) is -2.30. The van der Waals surface area contributed by atoms with Crippen LogP contribution in [0, 0.1) is 0 Å². The number of hydrogen-bond donors (Lipinski definition) is 1. The van der Waals surface area contributed by atoms with Crippen LogP contribution >= 0.6 is 0 Å². The van der Waals surface area contributed by atoms with Crippen molar-refractivity contribution in [3.8, 4) is 0 Å². The first-order chi connectivity index (χ1) is 8.22. The van der Waals surface area contributed by atoms with E-state index < -0.39 is 11.8 Å². The number of cyclic esters (lactones) is 1. The summed E-state index contributed by atoms with van der Waals surface area (Å²) in [5, 5.41) is 10.5. The van der Waals surface area contributed by atoms with Gasteiger partial charge in [0.25, 0.3) is 5.79 Å². The van der Waals surface area contributed by atoms with Crippen molar-refractivity contribution in [3.05, 3.63) is 65.5 Å². The van der Waals surface area contributed by atoms with Gasteiger partial charge in [0.15, 0.2) is 0 Å². The van der Waals surface area contributed by atoms with E-state index in [9.17, 15) is 9.90 Å². The smallest absolute Gasteiger partial charge is 0.341 e. The Morgan fingerprint density at radius 1 is 1.12 bits per heavy atom. The number of esters is 1. The van der Waals surface area contributed by atoms with Crippen molar-refractivity contribution < 1.29 is 14.6 Å². The fraction of sp³-hybridized carbons (Fsp3) is 0.0769. The van der Waals surface area contributed by atoms with Crippen LogP contribution in [-0.2, 0) is 10.5 Å². The lowest BCUT2D eigenvalue weighted by Gasteiger charge is -2.21. The zero-order chi connectivity index (χ0) is 11.9. The van der Waals surface area contributed by atoms with Crippen LogP contribution in [0.4, 0.5) is 0 Å². The van der Waals surface area contributed by atoms with E-state index >= 15 is 0 Å². The number of aromatic nitrogens is 1. The lowest BCUT2D eigenvalue weighted by atomic mass is 9.99. The van der Waals surface area contributed by atoms with Crippen molar-refractivity contribution in [2.45, 2.75) is 5.79 Å². The summed E-state index contributed by atoms with van der Waals surface area (Å²) in [4.78, 5) is 15.7. The molecule has 84 valence electrons. The molecule has 1 aliphatic heterocycles. The molecule has 0 fully saturated rings. The van der Waals surface area contributed by atoms with Gasteiger partial charge >= 0.3 is 5.97 Å². The zero-order valence-corrected chi connectivity index (χ0v) is 8.83. The molecular weight excluding hydrogens is 218 g/mol. The zero-order valence-electron chi connectivity index (χ0n) is 8.83. The van der Waals surface area contributed by atoms with E-state index in [4.69, 9.17) is 4.74 Å². The first kappa shape index (κ1) is 9.99. The van der Waals surface area contributed by atoms with E-state index in [1.807, 2.05) is 0 Å². The maximum atomic E-state index is 11.6. The first-order valence-corrected chi connectivity index (χ1v) is 5.18. The van der Waals surface area contributed by atoms with Gasteiger partial charge in [0.05, 0.1) is 5.56 Å². The maximum Gasteiger partial charge on any atom is 0.341 e. The highest BCUT2D eigenvalue weighted by Crippen LogP contribution is 2.38. The van der Waals surface area contributed by atoms with Crippen LogP contribution in [0.3, 0.4) is 0 Å². The SMILES string of the molecule is O=C1OC(O)(c2ccccn2)c2ccccc21. The Kier molecular flexibility index (Phi) is 2.00. The summed E-state index contributed by atoms with van der Waals surface area (Å²) >= 11 is 0. The van der Waals surface area contributed by atoms with E-state index in [2.05, 4.69) is 4.98 Å². The van der Waals surface area contributed by atoms with Crippen molar-refractivity contribution in [3.63, 3.8) is 0 Å². The summed E-state index contributed by atoms with van der Waals surface area (Å²) in [6.45, 7) is 0. The van der Waals surface area contributed by atoms with Gasteiger partial charge in [0.2, 0.25) is 0 Å². The molecule has 17 heavy (non-hydrogen) atoms. The Labute approximate surface area is 97.5 Å². The Hall–Kier alpha value is -2.20. The molecule has 0 bridgehead atoms. The molecular formula is C13H9NO3. The predicted molar refractivity (Wildman–Crippen MR) is 59.1 cm³/mol. The van der Waals surface area contributed by atoms with Crippen molar-refractivity contribution >= 4 is 5.97 Å². The van der Waals surface area contributed by atoms with Crippen LogP contribution in [0.15, 0.2) is 48.7 Å². The van der Waals surface area contributed by atoms with Crippen LogP contribution < -0.4 is 0 Å². The molecule has 1 aliphatic rings. The second-order valence-corrected chi connectivity index (χ2v) is 3.79. The highest BCUT2D eigenvalue weighted by Gasteiger charge is 2.46. The third-order valence-corrected chi connectivity index (χ3v) is 2.76. The van der Waals surface area contributed by atoms with Crippen molar-refractivity contribution in [1.82, 2.24) is 4.98 Å². The number of ether oxygens (including phenoxy) is 1. The van der Waals surface area contributed by atoms with Crippen LogP contribution in [0.5, 0.6) is 0 Å². The third-order valence-electron chi connectivity index (χ3n) is 2.76. The molecule has 0 amide bonds. The fourth-order valence-electron chi connectivity index (χ4n) is 1.95. The van der Waals surface area contributed by atoms with Crippen LogP contribution in [0.25, 0.3) is 0 Å². The molecule has 0 spiro atoms. The summed E-state index contributed by atoms with van der Waals surface area (Å²) in [6.07, 6.45) is 1.54. The standard InChI is InChI=1S/C13H9NO3/c15-12-9-5-1-2-6-10(9)13(16,17-12)11-7-3-4-8-14-11/h1-8,16H. The summed E-state index contributed by atoms with van der Waals surface area (Å²) in [6, 6.07) is 11.8. The van der Waals surface area contributed by atoms with Crippen LogP contribution in [0.1, 0.15) is 21.6 Å². The van der Waals surface area contributed by atoms with Crippen molar-refractivity contribution in [2.75, 3.05) is 0 Å². The molecule has 3 rings (SSSR count). The molecule has 0 aliphatic carbocycles. The van der Waals surface area contributed by atoms with Gasteiger partial charge in [-0.1, -0.05) is 24.3 Å². The number of aliphatic hydroxyl groups is 1. The highest BCUT2D eigenvalue weighted by molar-refractivity contribution is 5.94. The van der Waals surface area contributed by atoms with Gasteiger partial charge in [0, 0.05) is 11.8 Å². The van der Waals surface area contributed by atoms with E-state index in [1.54, 1.807) is 48.7 Å². The molecule has 1 N–H and O–H groups in total. The topological polar surface area (TPSA) is 59.4 Å². The normalized spacial score (nSPS) is 22.1. The largest absolute Gasteiger partial charge is 0.419 e. The lowest BCUT2D eigenvalue weighted by Crippen LogP contribution is -2.28. The second kappa shape index (κ2) is 3.40. The molecule has 2 heterocycles. The Morgan fingerprint density at radius 2 is 1.88 bits per heavy atom. The van der Waals surface area contributed by atoms with Crippen molar-refractivity contribution in [2.24, 2.45) is 0 Å². The summed E-state index contributed by atoms with van der Waals surface area (Å²) in [7, 11) is 0. The van der Waals surface area contributed by atoms with E-state index in [-0.39, 0.29) is 0 Å². The van der Waals surface area contributed by atoms with Crippen LogP contribution in [0.2, 0.25) is 0 Å². The Balaban J connectivity index is 2.21. The number of benzene rings is 1. The van der Waals surface area contributed by atoms with Gasteiger partial charge in [-0.05, 0) is 18.2 Å². The number of fused-ring (bicyclic) bond motifs is 1. The van der Waals surface area contributed by atoms with Gasteiger partial charge in [0.1, 0.15) is 5.69 Å². The second-order valence-electron chi connectivity index (χ2n) is 3.79. The molecule has 4 heteroatoms. The van der Waals surface area contributed by atoms with Crippen LogP contribution in [-0.4, -0.2) is 16.1 Å². The Bertz CT molecular complexity index is 582. The first-order valence-electron chi connectivity index (χ1n) is 5.18. The molecule has 0 saturated heterocycles. The number of carbonyl (C=O) groups is 1. The number of pyridine rings is 1. The minimum Gasteiger partial charge on any atom is -0.419 e. The monoisotopic (exact) mass is 227 g/mol. The van der Waals surface area contributed by atoms with Gasteiger partial charge in [-0.15, -0.1) is 0 Å². The molecule has 1 aromatic heterocycles. The molecule has 1 aromatic carbocycles. The molecule has 0 radical (unpaired) electrons. The van der Waals surface area contributed by atoms with E-state index in [0.717, 1.165) is 0 Å². The number of hydrogen-bond acceptors (Lipinski definition) is 4. The van der Waals surface area contributed by atoms with Gasteiger partial charge < -0.3 is 9.84 Å². The van der Waals surface area contributed by atoms with Gasteiger partial charge in [-0.3, -0.25) is 4.98 Å². The molecule has 2 aromatic rings.